The third-order valence-electron chi connectivity index (χ3n) is 5.82. The highest BCUT2D eigenvalue weighted by Crippen LogP contribution is 2.20. The van der Waals surface area contributed by atoms with Crippen molar-refractivity contribution in [2.75, 3.05) is 0 Å². The van der Waals surface area contributed by atoms with Crippen LogP contribution in [0, 0.1) is 27.7 Å². The van der Waals surface area contributed by atoms with E-state index in [0.29, 0.717) is 17.2 Å². The zero-order chi connectivity index (χ0) is 28.1. The number of rotatable bonds is 6. The smallest absolute Gasteiger partial charge is 0.124 e. The van der Waals surface area contributed by atoms with Crippen LogP contribution in [0.4, 0.5) is 0 Å². The Morgan fingerprint density at radius 1 is 0.475 bits per heavy atom. The van der Waals surface area contributed by atoms with Crippen LogP contribution in [-0.2, 0) is 20.2 Å². The van der Waals surface area contributed by atoms with Gasteiger partial charge in [-0.3, -0.25) is 0 Å². The van der Waals surface area contributed by atoms with Gasteiger partial charge in [0.2, 0.25) is 0 Å². The molecule has 0 aromatic heterocycles. The standard InChI is InChI=1S/2C14H15O3PS.2H3N/c2*1-10-5-3-4-6-13(10)18-14-9-12(19(15,16)17)8-7-11(14)2;;/h2*3-9,18H,1-2H3,(H,15,16,17);2*1H3. The third kappa shape index (κ3) is 9.84. The maximum absolute atomic E-state index is 11.1. The first-order valence-corrected chi connectivity index (χ1v) is 16.4. The molecule has 0 saturated heterocycles. The van der Waals surface area contributed by atoms with E-state index in [1.54, 1.807) is 12.1 Å². The van der Waals surface area contributed by atoms with Gasteiger partial charge in [0.1, 0.15) is 20.2 Å². The summed E-state index contributed by atoms with van der Waals surface area (Å²) in [5.41, 5.74) is 4.31. The van der Waals surface area contributed by atoms with Crippen molar-refractivity contribution >= 4 is 58.6 Å². The molecule has 0 fully saturated rings. The number of aryl methyl sites for hydroxylation is 4. The van der Waals surface area contributed by atoms with Crippen molar-refractivity contribution in [2.45, 2.75) is 37.5 Å². The van der Waals surface area contributed by atoms with Crippen LogP contribution in [0.15, 0.2) is 94.7 Å². The lowest BCUT2D eigenvalue weighted by molar-refractivity contribution is 0.461. The second-order valence-electron chi connectivity index (χ2n) is 8.74. The molecule has 0 saturated carbocycles. The molecular weight excluding hydrogens is 586 g/mol. The third-order valence-corrected chi connectivity index (χ3v) is 10.8. The molecule has 216 valence electrons. The van der Waals surface area contributed by atoms with E-state index in [4.69, 9.17) is 0 Å². The molecule has 0 amide bonds. The minimum Gasteiger partial charge on any atom is -0.744 e. The maximum Gasteiger partial charge on any atom is 0.124 e. The fraction of sp³-hybridized carbons (Fsp3) is 0.143. The summed E-state index contributed by atoms with van der Waals surface area (Å²) in [5, 5.41) is 4.11. The summed E-state index contributed by atoms with van der Waals surface area (Å²) >= 11 is 0. The summed E-state index contributed by atoms with van der Waals surface area (Å²) in [7, 11) is -8.09. The van der Waals surface area contributed by atoms with Gasteiger partial charge in [0, 0.05) is 0 Å². The van der Waals surface area contributed by atoms with E-state index in [-0.39, 0.29) is 22.1 Å². The van der Waals surface area contributed by atoms with Gasteiger partial charge in [-0.05, 0) is 95.4 Å². The molecule has 8 nitrogen and oxygen atoms in total. The predicted molar refractivity (Wildman–Crippen MR) is 168 cm³/mol. The molecule has 0 aliphatic carbocycles. The molecule has 40 heavy (non-hydrogen) atoms. The highest BCUT2D eigenvalue weighted by Gasteiger charge is 2.08. The lowest BCUT2D eigenvalue weighted by atomic mass is 10.2. The van der Waals surface area contributed by atoms with E-state index in [2.05, 4.69) is 0 Å². The molecule has 0 aliphatic heterocycles. The fourth-order valence-electron chi connectivity index (χ4n) is 3.50. The Hall–Kier alpha value is -2.52. The van der Waals surface area contributed by atoms with Gasteiger partial charge in [0.15, 0.2) is 0 Å². The van der Waals surface area contributed by atoms with E-state index in [1.807, 2.05) is 76.2 Å². The topological polar surface area (TPSA) is 187 Å². The van der Waals surface area contributed by atoms with Crippen LogP contribution >= 0.6 is 17.2 Å². The quantitative estimate of drug-likeness (QED) is 0.236. The van der Waals surface area contributed by atoms with Gasteiger partial charge < -0.3 is 21.4 Å². The molecule has 0 spiro atoms. The Morgan fingerprint density at radius 3 is 1.07 bits per heavy atom. The first-order valence-electron chi connectivity index (χ1n) is 11.5. The molecule has 0 aliphatic rings. The van der Waals surface area contributed by atoms with Crippen LogP contribution < -0.4 is 33.5 Å². The molecule has 0 bridgehead atoms. The fourth-order valence-corrected chi connectivity index (χ4v) is 7.22. The maximum atomic E-state index is 11.1. The highest BCUT2D eigenvalue weighted by atomic mass is 32.2. The van der Waals surface area contributed by atoms with Gasteiger partial charge >= 0.3 is 0 Å². The Labute approximate surface area is 240 Å². The minimum atomic E-state index is -4.39. The summed E-state index contributed by atoms with van der Waals surface area (Å²) in [5.74, 6) is 0. The molecule has 0 heterocycles. The Balaban J connectivity index is 0.000000381. The molecule has 2 atom stereocenters. The van der Waals surface area contributed by atoms with Crippen LogP contribution in [-0.4, -0.2) is 25.9 Å². The van der Waals surface area contributed by atoms with E-state index in [9.17, 15) is 25.9 Å². The molecule has 0 radical (unpaired) electrons. The van der Waals surface area contributed by atoms with Crippen LogP contribution in [0.2, 0.25) is 0 Å². The zero-order valence-electron chi connectivity index (χ0n) is 23.3. The van der Waals surface area contributed by atoms with Gasteiger partial charge in [-0.1, -0.05) is 77.8 Å². The van der Waals surface area contributed by atoms with E-state index < -0.39 is 20.2 Å². The summed E-state index contributed by atoms with van der Waals surface area (Å²) in [6.07, 6.45) is 0. The van der Waals surface area contributed by atoms with Crippen molar-refractivity contribution in [3.63, 3.8) is 0 Å². The van der Waals surface area contributed by atoms with E-state index >= 15 is 0 Å². The van der Waals surface area contributed by atoms with Crippen LogP contribution in [0.25, 0.3) is 0 Å². The van der Waals surface area contributed by atoms with E-state index in [0.717, 1.165) is 43.5 Å². The van der Waals surface area contributed by atoms with Crippen LogP contribution in [0.5, 0.6) is 0 Å². The summed E-state index contributed by atoms with van der Waals surface area (Å²) in [4.78, 5) is -0.316. The first kappa shape index (κ1) is 35.5. The molecule has 8 N–H and O–H groups in total. The van der Waals surface area contributed by atoms with Gasteiger partial charge in [-0.15, -0.1) is 0 Å². The van der Waals surface area contributed by atoms with Crippen molar-refractivity contribution < 1.29 is 25.9 Å². The van der Waals surface area contributed by atoms with Crippen LogP contribution in [0.1, 0.15) is 22.3 Å². The lowest BCUT2D eigenvalue weighted by Crippen LogP contribution is -2.11. The molecule has 4 rings (SSSR count). The van der Waals surface area contributed by atoms with Crippen molar-refractivity contribution in [3.8, 4) is 0 Å². The number of quaternary nitrogens is 2. The second-order valence-corrected chi connectivity index (χ2v) is 14.2. The SMILES string of the molecule is Cc1ccccc1Pc1cc(S(=O)(=O)[O-])ccc1C.Cc1ccccc1Pc1cc(S(=O)(=O)[O-])ccc1C.[NH4+].[NH4+]. The van der Waals surface area contributed by atoms with Crippen molar-refractivity contribution in [1.29, 1.82) is 0 Å². The van der Waals surface area contributed by atoms with Gasteiger partial charge in [-0.2, -0.15) is 0 Å². The highest BCUT2D eigenvalue weighted by molar-refractivity contribution is 7.86. The van der Waals surface area contributed by atoms with Gasteiger partial charge in [0.25, 0.3) is 0 Å². The number of hydrogen-bond donors (Lipinski definition) is 2. The van der Waals surface area contributed by atoms with Crippen LogP contribution in [0.3, 0.4) is 0 Å². The van der Waals surface area contributed by atoms with Gasteiger partial charge in [-0.25, -0.2) is 16.8 Å². The average Bonchev–Trinajstić information content (AvgIpc) is 2.83. The monoisotopic (exact) mass is 622 g/mol. The minimum absolute atomic E-state index is 0. The Morgan fingerprint density at radius 2 is 0.775 bits per heavy atom. The summed E-state index contributed by atoms with van der Waals surface area (Å²) in [6.45, 7) is 7.88. The summed E-state index contributed by atoms with van der Waals surface area (Å²) in [6, 6.07) is 25.0. The molecule has 4 aromatic rings. The molecule has 12 heteroatoms. The summed E-state index contributed by atoms with van der Waals surface area (Å²) < 4.78 is 66.4. The second kappa shape index (κ2) is 14.9. The molecule has 2 unspecified atom stereocenters. The Bertz CT molecular complexity index is 1550. The van der Waals surface area contributed by atoms with Crippen molar-refractivity contribution in [1.82, 2.24) is 12.3 Å². The van der Waals surface area contributed by atoms with Crippen molar-refractivity contribution in [3.05, 3.63) is 107 Å². The molecule has 4 aromatic carbocycles. The Kier molecular flexibility index (Phi) is 13.2. The van der Waals surface area contributed by atoms with E-state index in [1.165, 1.54) is 24.3 Å². The predicted octanol–water partition coefficient (Wildman–Crippen LogP) is 4.43. The number of hydrogen-bond acceptors (Lipinski definition) is 6. The van der Waals surface area contributed by atoms with Crippen molar-refractivity contribution in [2.24, 2.45) is 0 Å². The average molecular weight is 623 g/mol. The molecular formula is C28H36N2O6P2S2. The number of benzene rings is 4. The lowest BCUT2D eigenvalue weighted by Gasteiger charge is -2.12. The largest absolute Gasteiger partial charge is 0.744 e. The zero-order valence-corrected chi connectivity index (χ0v) is 27.0. The first-order chi connectivity index (χ1) is 17.8. The normalized spacial score (nSPS) is 11.6. The van der Waals surface area contributed by atoms with Gasteiger partial charge in [0.05, 0.1) is 9.79 Å².